The maximum Gasteiger partial charge on any atom is 0.224 e. The number of hydrogen-bond acceptors (Lipinski definition) is 3. The van der Waals surface area contributed by atoms with Crippen molar-refractivity contribution in [1.29, 1.82) is 0 Å². The van der Waals surface area contributed by atoms with Crippen molar-refractivity contribution in [3.05, 3.63) is 61.0 Å². The van der Waals surface area contributed by atoms with E-state index in [0.717, 1.165) is 51.3 Å². The molecule has 1 amide bonds. The van der Waals surface area contributed by atoms with E-state index in [-0.39, 0.29) is 10.9 Å². The molecule has 0 radical (unpaired) electrons. The van der Waals surface area contributed by atoms with E-state index in [9.17, 15) is 4.79 Å². The van der Waals surface area contributed by atoms with Gasteiger partial charge in [0.2, 0.25) is 5.91 Å². The average molecular weight is 510 g/mol. The number of hydrogen-bond donors (Lipinski definition) is 1. The average Bonchev–Trinajstić information content (AvgIpc) is 2.70. The third-order valence-electron chi connectivity index (χ3n) is 5.00. The Morgan fingerprint density at radius 1 is 0.833 bits per heavy atom. The van der Waals surface area contributed by atoms with Crippen LogP contribution in [0.1, 0.15) is 18.4 Å². The molecule has 30 heavy (non-hydrogen) atoms. The van der Waals surface area contributed by atoms with Crippen LogP contribution in [0, 0.1) is 0 Å². The van der Waals surface area contributed by atoms with Gasteiger partial charge in [-0.2, -0.15) is 0 Å². The van der Waals surface area contributed by atoms with Gasteiger partial charge in [0.05, 0.1) is 25.1 Å². The fourth-order valence-corrected chi connectivity index (χ4v) is 4.30. The summed E-state index contributed by atoms with van der Waals surface area (Å²) in [5, 5.41) is 4.91. The number of piperazine rings is 1. The molecule has 9 heteroatoms. The minimum absolute atomic E-state index is 0.0669. The van der Waals surface area contributed by atoms with E-state index in [1.165, 1.54) is 0 Å². The van der Waals surface area contributed by atoms with Crippen molar-refractivity contribution in [1.82, 2.24) is 9.80 Å². The van der Waals surface area contributed by atoms with E-state index in [1.807, 2.05) is 18.2 Å². The fraction of sp³-hybridized carbons (Fsp3) is 0.381. The highest BCUT2D eigenvalue weighted by atomic mass is 35.5. The van der Waals surface area contributed by atoms with Crippen LogP contribution < -0.4 is 5.32 Å². The molecule has 1 fully saturated rings. The lowest BCUT2D eigenvalue weighted by Crippen LogP contribution is -2.46. The molecule has 2 aromatic carbocycles. The van der Waals surface area contributed by atoms with E-state index in [2.05, 4.69) is 15.1 Å². The zero-order valence-corrected chi connectivity index (χ0v) is 20.0. The molecule has 0 aliphatic carbocycles. The summed E-state index contributed by atoms with van der Waals surface area (Å²) in [5.74, 6) is -0.0669. The van der Waals surface area contributed by atoms with Crippen molar-refractivity contribution in [2.75, 3.05) is 38.0 Å². The number of amides is 1. The smallest absolute Gasteiger partial charge is 0.224 e. The summed E-state index contributed by atoms with van der Waals surface area (Å²) in [7, 11) is 0. The summed E-state index contributed by atoms with van der Waals surface area (Å²) in [6.07, 6.45) is 1.22. The van der Waals surface area contributed by atoms with Gasteiger partial charge in [-0.25, -0.2) is 0 Å². The molecule has 0 atom stereocenters. The maximum atomic E-state index is 12.2. The third kappa shape index (κ3) is 6.89. The summed E-state index contributed by atoms with van der Waals surface area (Å²) >= 11 is 30.0. The van der Waals surface area contributed by atoms with Gasteiger partial charge in [-0.05, 0) is 42.8 Å². The van der Waals surface area contributed by atoms with Crippen molar-refractivity contribution in [2.24, 2.45) is 0 Å². The standard InChI is InChI=1S/C21H22Cl5N3O/c22-16-4-3-14(10-17(16)23)13-29-8-6-28(7-9-29)5-1-2-20(30)27-15-11-18(24)21(26)19(25)12-15/h3-4,10-12H,1-2,5-9,13H2,(H,27,30). The maximum absolute atomic E-state index is 12.2. The van der Waals surface area contributed by atoms with Gasteiger partial charge in [0.25, 0.3) is 0 Å². The molecule has 162 valence electrons. The lowest BCUT2D eigenvalue weighted by atomic mass is 10.2. The first-order valence-electron chi connectivity index (χ1n) is 9.65. The molecule has 0 saturated carbocycles. The van der Waals surface area contributed by atoms with E-state index in [4.69, 9.17) is 58.0 Å². The topological polar surface area (TPSA) is 35.6 Å². The van der Waals surface area contributed by atoms with Crippen LogP contribution in [0.2, 0.25) is 25.1 Å². The largest absolute Gasteiger partial charge is 0.326 e. The number of carbonyl (C=O) groups excluding carboxylic acids is 1. The second-order valence-corrected chi connectivity index (χ2v) is 9.28. The van der Waals surface area contributed by atoms with Crippen LogP contribution in [0.15, 0.2) is 30.3 Å². The molecular weight excluding hydrogens is 488 g/mol. The zero-order chi connectivity index (χ0) is 21.7. The molecular formula is C21H22Cl5N3O. The van der Waals surface area contributed by atoms with Crippen molar-refractivity contribution in [3.63, 3.8) is 0 Å². The number of rotatable bonds is 7. The predicted molar refractivity (Wildman–Crippen MR) is 128 cm³/mol. The normalized spacial score (nSPS) is 15.4. The molecule has 1 heterocycles. The lowest BCUT2D eigenvalue weighted by molar-refractivity contribution is -0.116. The summed E-state index contributed by atoms with van der Waals surface area (Å²) in [4.78, 5) is 17.0. The van der Waals surface area contributed by atoms with E-state index < -0.39 is 0 Å². The predicted octanol–water partition coefficient (Wildman–Crippen LogP) is 6.49. The van der Waals surface area contributed by atoms with Crippen molar-refractivity contribution in [3.8, 4) is 0 Å². The van der Waals surface area contributed by atoms with Crippen LogP contribution >= 0.6 is 58.0 Å². The first-order chi connectivity index (χ1) is 14.3. The molecule has 1 aliphatic rings. The Balaban J connectivity index is 1.36. The second-order valence-electron chi connectivity index (χ2n) is 7.27. The van der Waals surface area contributed by atoms with E-state index in [1.54, 1.807) is 12.1 Å². The Bertz CT molecular complexity index is 877. The number of halogens is 5. The molecule has 3 rings (SSSR count). The van der Waals surface area contributed by atoms with Gasteiger partial charge in [0.1, 0.15) is 0 Å². The summed E-state index contributed by atoms with van der Waals surface area (Å²) < 4.78 is 0. The first-order valence-corrected chi connectivity index (χ1v) is 11.5. The highest BCUT2D eigenvalue weighted by molar-refractivity contribution is 6.48. The minimum Gasteiger partial charge on any atom is -0.326 e. The molecule has 1 aliphatic heterocycles. The molecule has 1 saturated heterocycles. The molecule has 0 unspecified atom stereocenters. The highest BCUT2D eigenvalue weighted by Crippen LogP contribution is 2.33. The van der Waals surface area contributed by atoms with Crippen LogP contribution in [0.3, 0.4) is 0 Å². The molecule has 0 aromatic heterocycles. The number of nitrogens with one attached hydrogen (secondary N) is 1. The summed E-state index contributed by atoms with van der Waals surface area (Å²) in [5.41, 5.74) is 1.72. The van der Waals surface area contributed by atoms with Crippen molar-refractivity contribution >= 4 is 69.6 Å². The first kappa shape index (κ1) is 23.9. The Kier molecular flexibility index (Phi) is 8.96. The van der Waals surface area contributed by atoms with E-state index in [0.29, 0.717) is 32.2 Å². The van der Waals surface area contributed by atoms with Crippen molar-refractivity contribution < 1.29 is 4.79 Å². The number of carbonyl (C=O) groups is 1. The van der Waals surface area contributed by atoms with Gasteiger partial charge in [-0.3, -0.25) is 9.69 Å². The summed E-state index contributed by atoms with van der Waals surface area (Å²) in [6, 6.07) is 8.98. The summed E-state index contributed by atoms with van der Waals surface area (Å²) in [6.45, 7) is 5.66. The van der Waals surface area contributed by atoms with Gasteiger partial charge in [0, 0.05) is 44.8 Å². The fourth-order valence-electron chi connectivity index (χ4n) is 3.38. The van der Waals surface area contributed by atoms with Gasteiger partial charge in [-0.15, -0.1) is 0 Å². The Labute approximate surface area is 202 Å². The quantitative estimate of drug-likeness (QED) is 0.434. The van der Waals surface area contributed by atoms with Crippen LogP contribution in [-0.2, 0) is 11.3 Å². The number of benzene rings is 2. The van der Waals surface area contributed by atoms with Crippen LogP contribution in [0.4, 0.5) is 5.69 Å². The zero-order valence-electron chi connectivity index (χ0n) is 16.2. The third-order valence-corrected chi connectivity index (χ3v) is 6.94. The number of anilines is 1. The van der Waals surface area contributed by atoms with Crippen molar-refractivity contribution in [2.45, 2.75) is 19.4 Å². The molecule has 0 bridgehead atoms. The van der Waals surface area contributed by atoms with Crippen LogP contribution in [-0.4, -0.2) is 48.4 Å². The van der Waals surface area contributed by atoms with Crippen LogP contribution in [0.5, 0.6) is 0 Å². The molecule has 0 spiro atoms. The highest BCUT2D eigenvalue weighted by Gasteiger charge is 2.17. The molecule has 2 aromatic rings. The van der Waals surface area contributed by atoms with Crippen LogP contribution in [0.25, 0.3) is 0 Å². The second kappa shape index (κ2) is 11.2. The minimum atomic E-state index is -0.0669. The Morgan fingerprint density at radius 2 is 1.47 bits per heavy atom. The number of nitrogens with zero attached hydrogens (tertiary/aromatic N) is 2. The van der Waals surface area contributed by atoms with Gasteiger partial charge in [0.15, 0.2) is 0 Å². The SMILES string of the molecule is O=C(CCCN1CCN(Cc2ccc(Cl)c(Cl)c2)CC1)Nc1cc(Cl)c(Cl)c(Cl)c1. The lowest BCUT2D eigenvalue weighted by Gasteiger charge is -2.34. The Morgan fingerprint density at radius 3 is 2.10 bits per heavy atom. The van der Waals surface area contributed by atoms with Gasteiger partial charge < -0.3 is 10.2 Å². The van der Waals surface area contributed by atoms with Gasteiger partial charge >= 0.3 is 0 Å². The monoisotopic (exact) mass is 507 g/mol. The van der Waals surface area contributed by atoms with Gasteiger partial charge in [-0.1, -0.05) is 64.1 Å². The molecule has 4 nitrogen and oxygen atoms in total. The Hall–Kier alpha value is -0.720. The molecule has 1 N–H and O–H groups in total. The van der Waals surface area contributed by atoms with E-state index >= 15 is 0 Å².